The highest BCUT2D eigenvalue weighted by Gasteiger charge is 2.52. The van der Waals surface area contributed by atoms with Gasteiger partial charge < -0.3 is 8.98 Å². The average molecular weight is 406 g/mol. The molecule has 0 radical (unpaired) electrons. The molecule has 4 aliphatic carbocycles. The molecule has 3 aromatic carbocycles. The molecule has 2 aromatic heterocycles. The van der Waals surface area contributed by atoms with Crippen molar-refractivity contribution < 1.29 is 4.42 Å². The van der Waals surface area contributed by atoms with Gasteiger partial charge >= 0.3 is 0 Å². The molecule has 2 nitrogen and oxygen atoms in total. The van der Waals surface area contributed by atoms with E-state index in [1.807, 2.05) is 0 Å². The zero-order valence-electron chi connectivity index (χ0n) is 18.0. The van der Waals surface area contributed by atoms with Crippen LogP contribution in [-0.4, -0.2) is 4.57 Å². The highest BCUT2D eigenvalue weighted by Crippen LogP contribution is 2.62. The van der Waals surface area contributed by atoms with Crippen molar-refractivity contribution in [2.24, 2.45) is 24.8 Å². The highest BCUT2D eigenvalue weighted by molar-refractivity contribution is 6.27. The normalized spacial score (nSPS) is 29.8. The third-order valence-electron chi connectivity index (χ3n) is 9.13. The van der Waals surface area contributed by atoms with Crippen LogP contribution in [-0.2, 0) is 12.5 Å². The lowest BCUT2D eigenvalue weighted by atomic mass is 9.48. The number of aryl methyl sites for hydroxylation is 1. The van der Waals surface area contributed by atoms with Crippen molar-refractivity contribution in [2.45, 2.75) is 43.9 Å². The second-order valence-electron chi connectivity index (χ2n) is 10.9. The predicted octanol–water partition coefficient (Wildman–Crippen LogP) is 7.70. The number of furan rings is 1. The van der Waals surface area contributed by atoms with Gasteiger partial charge in [0.15, 0.2) is 0 Å². The lowest BCUT2D eigenvalue weighted by Crippen LogP contribution is -2.48. The summed E-state index contributed by atoms with van der Waals surface area (Å²) in [5.41, 5.74) is 6.70. The van der Waals surface area contributed by atoms with Crippen molar-refractivity contribution in [2.75, 3.05) is 0 Å². The molecule has 9 rings (SSSR count). The van der Waals surface area contributed by atoms with Gasteiger partial charge in [0, 0.05) is 39.7 Å². The van der Waals surface area contributed by atoms with Crippen molar-refractivity contribution in [1.29, 1.82) is 0 Å². The smallest absolute Gasteiger partial charge is 0.139 e. The van der Waals surface area contributed by atoms with E-state index in [9.17, 15) is 0 Å². The fraction of sp³-hybridized carbons (Fsp3) is 0.379. The summed E-state index contributed by atoms with van der Waals surface area (Å²) in [4.78, 5) is 0. The lowest BCUT2D eigenvalue weighted by molar-refractivity contribution is -0.00481. The number of para-hydroxylation sites is 2. The molecule has 0 saturated heterocycles. The molecule has 0 unspecified atom stereocenters. The van der Waals surface area contributed by atoms with Gasteiger partial charge in [-0.15, -0.1) is 0 Å². The standard InChI is InChI=1S/C29H27NO/c1-30-23-8-4-2-6-20(23)26-24(30)13-22(28-27(26)21-7-3-5-9-25(21)31-28)29-14-17-10-18(15-29)12-19(11-17)16-29/h2-9,13,17-19H,10-12,14-16H2,1H3. The minimum absolute atomic E-state index is 0.311. The Morgan fingerprint density at radius 1 is 0.774 bits per heavy atom. The molecule has 31 heavy (non-hydrogen) atoms. The van der Waals surface area contributed by atoms with Gasteiger partial charge in [-0.05, 0) is 79.9 Å². The van der Waals surface area contributed by atoms with Gasteiger partial charge in [0.25, 0.3) is 0 Å². The summed E-state index contributed by atoms with van der Waals surface area (Å²) in [6.45, 7) is 0. The van der Waals surface area contributed by atoms with Crippen LogP contribution >= 0.6 is 0 Å². The predicted molar refractivity (Wildman–Crippen MR) is 128 cm³/mol. The number of rotatable bonds is 1. The number of aromatic nitrogens is 1. The molecular weight excluding hydrogens is 378 g/mol. The number of fused-ring (bicyclic) bond motifs is 7. The van der Waals surface area contributed by atoms with E-state index in [0.29, 0.717) is 5.41 Å². The molecule has 154 valence electrons. The molecule has 4 saturated carbocycles. The van der Waals surface area contributed by atoms with Crippen LogP contribution in [0.3, 0.4) is 0 Å². The number of hydrogen-bond acceptors (Lipinski definition) is 1. The maximum atomic E-state index is 6.73. The van der Waals surface area contributed by atoms with Gasteiger partial charge in [0.05, 0.1) is 5.52 Å². The Kier molecular flexibility index (Phi) is 3.02. The molecule has 2 heteroatoms. The zero-order chi connectivity index (χ0) is 20.3. The minimum Gasteiger partial charge on any atom is -0.456 e. The molecule has 0 amide bonds. The summed E-state index contributed by atoms with van der Waals surface area (Å²) < 4.78 is 9.14. The van der Waals surface area contributed by atoms with E-state index in [4.69, 9.17) is 4.42 Å². The van der Waals surface area contributed by atoms with E-state index in [2.05, 4.69) is 66.2 Å². The number of benzene rings is 3. The van der Waals surface area contributed by atoms with Crippen LogP contribution in [0.1, 0.15) is 44.1 Å². The lowest BCUT2D eigenvalue weighted by Gasteiger charge is -2.57. The van der Waals surface area contributed by atoms with E-state index in [1.165, 1.54) is 82.2 Å². The van der Waals surface area contributed by atoms with Crippen molar-refractivity contribution in [3.8, 4) is 0 Å². The second-order valence-corrected chi connectivity index (χ2v) is 10.9. The molecule has 4 fully saturated rings. The van der Waals surface area contributed by atoms with Gasteiger partial charge in [0.1, 0.15) is 11.2 Å². The summed E-state index contributed by atoms with van der Waals surface area (Å²) in [5.74, 6) is 2.77. The first-order valence-corrected chi connectivity index (χ1v) is 12.0. The Morgan fingerprint density at radius 3 is 2.16 bits per heavy atom. The van der Waals surface area contributed by atoms with Gasteiger partial charge in [-0.25, -0.2) is 0 Å². The molecule has 0 atom stereocenters. The Labute approximate surface area is 181 Å². The van der Waals surface area contributed by atoms with Crippen LogP contribution in [0, 0.1) is 17.8 Å². The maximum absolute atomic E-state index is 6.73. The first kappa shape index (κ1) is 16.9. The Balaban J connectivity index is 1.57. The molecule has 0 spiro atoms. The van der Waals surface area contributed by atoms with Crippen molar-refractivity contribution >= 4 is 43.7 Å². The van der Waals surface area contributed by atoms with Crippen LogP contribution in [0.25, 0.3) is 43.7 Å². The number of hydrogen-bond donors (Lipinski definition) is 0. The molecule has 4 aliphatic rings. The van der Waals surface area contributed by atoms with Crippen molar-refractivity contribution in [3.05, 3.63) is 60.2 Å². The SMILES string of the molecule is Cn1c2ccccc2c2c3c(oc4ccccc43)c(C34CC5CC(CC(C5)C3)C4)cc21. The first-order valence-electron chi connectivity index (χ1n) is 12.0. The third-order valence-corrected chi connectivity index (χ3v) is 9.13. The summed E-state index contributed by atoms with van der Waals surface area (Å²) >= 11 is 0. The fourth-order valence-electron chi connectivity index (χ4n) is 8.36. The topological polar surface area (TPSA) is 18.1 Å². The van der Waals surface area contributed by atoms with Gasteiger partial charge in [-0.1, -0.05) is 36.4 Å². The first-order chi connectivity index (χ1) is 15.2. The van der Waals surface area contributed by atoms with Crippen LogP contribution in [0.5, 0.6) is 0 Å². The van der Waals surface area contributed by atoms with Crippen molar-refractivity contribution in [3.63, 3.8) is 0 Å². The third kappa shape index (κ3) is 2.04. The van der Waals surface area contributed by atoms with E-state index in [0.717, 1.165) is 23.3 Å². The summed E-state index contributed by atoms with van der Waals surface area (Å²) in [7, 11) is 2.24. The van der Waals surface area contributed by atoms with Gasteiger partial charge in [-0.2, -0.15) is 0 Å². The Bertz CT molecular complexity index is 1500. The molecule has 5 aromatic rings. The zero-order valence-corrected chi connectivity index (χ0v) is 18.0. The average Bonchev–Trinajstić information content (AvgIpc) is 3.28. The number of nitrogens with zero attached hydrogens (tertiary/aromatic N) is 1. The molecular formula is C29H27NO. The van der Waals surface area contributed by atoms with E-state index in [-0.39, 0.29) is 0 Å². The molecule has 2 heterocycles. The monoisotopic (exact) mass is 405 g/mol. The quantitative estimate of drug-likeness (QED) is 0.279. The van der Waals surface area contributed by atoms with Gasteiger partial charge in [-0.3, -0.25) is 0 Å². The summed E-state index contributed by atoms with van der Waals surface area (Å²) in [6.07, 6.45) is 8.50. The van der Waals surface area contributed by atoms with E-state index in [1.54, 1.807) is 0 Å². The molecule has 0 N–H and O–H groups in total. The van der Waals surface area contributed by atoms with Gasteiger partial charge in [0.2, 0.25) is 0 Å². The van der Waals surface area contributed by atoms with Crippen LogP contribution in [0.2, 0.25) is 0 Å². The summed E-state index contributed by atoms with van der Waals surface area (Å²) in [6, 6.07) is 20.1. The van der Waals surface area contributed by atoms with E-state index < -0.39 is 0 Å². The maximum Gasteiger partial charge on any atom is 0.139 e. The molecule has 4 bridgehead atoms. The largest absolute Gasteiger partial charge is 0.456 e. The fourth-order valence-corrected chi connectivity index (χ4v) is 8.36. The van der Waals surface area contributed by atoms with Crippen LogP contribution in [0.15, 0.2) is 59.0 Å². The van der Waals surface area contributed by atoms with Crippen LogP contribution < -0.4 is 0 Å². The second kappa shape index (κ2) is 5.54. The molecule has 0 aliphatic heterocycles. The van der Waals surface area contributed by atoms with E-state index >= 15 is 0 Å². The van der Waals surface area contributed by atoms with Crippen LogP contribution in [0.4, 0.5) is 0 Å². The van der Waals surface area contributed by atoms with Crippen molar-refractivity contribution in [1.82, 2.24) is 4.57 Å². The highest BCUT2D eigenvalue weighted by atomic mass is 16.3. The Morgan fingerprint density at radius 2 is 1.42 bits per heavy atom. The summed E-state index contributed by atoms with van der Waals surface area (Å²) in [5, 5.41) is 5.32. The minimum atomic E-state index is 0.311. The Hall–Kier alpha value is -2.74.